The fourth-order valence-corrected chi connectivity index (χ4v) is 2.92. The summed E-state index contributed by atoms with van der Waals surface area (Å²) in [4.78, 5) is 10.6. The molecule has 106 valence electrons. The van der Waals surface area contributed by atoms with E-state index in [1.54, 1.807) is 0 Å². The summed E-state index contributed by atoms with van der Waals surface area (Å²) in [7, 11) is -4.01. The number of sulfonamides is 1. The van der Waals surface area contributed by atoms with Gasteiger partial charge in [0.15, 0.2) is 0 Å². The van der Waals surface area contributed by atoms with E-state index in [1.807, 2.05) is 0 Å². The first-order valence-corrected chi connectivity index (χ1v) is 7.36. The summed E-state index contributed by atoms with van der Waals surface area (Å²) in [6.07, 6.45) is 0. The maximum absolute atomic E-state index is 11.9. The second-order valence-electron chi connectivity index (χ2n) is 3.63. The molecule has 0 aliphatic rings. The van der Waals surface area contributed by atoms with Crippen molar-refractivity contribution < 1.29 is 28.5 Å². The highest BCUT2D eigenvalue weighted by atomic mass is 79.9. The molecule has 0 heterocycles. The number of carbonyl (C=O) groups is 1. The number of hydrogen-bond donors (Lipinski definition) is 4. The monoisotopic (exact) mass is 353 g/mol. The minimum Gasteiger partial charge on any atom is -0.478 e. The van der Waals surface area contributed by atoms with Crippen molar-refractivity contribution >= 4 is 31.9 Å². The Morgan fingerprint density at radius 2 is 1.89 bits per heavy atom. The van der Waals surface area contributed by atoms with Gasteiger partial charge in [0.1, 0.15) is 0 Å². The SMILES string of the molecule is O=C(O)c1cc(S(=O)(=O)NC(CO)CO)ccc1Br. The average Bonchev–Trinajstić information content (AvgIpc) is 2.35. The zero-order valence-electron chi connectivity index (χ0n) is 9.58. The Morgan fingerprint density at radius 3 is 2.37 bits per heavy atom. The third-order valence-corrected chi connectivity index (χ3v) is 4.45. The minimum absolute atomic E-state index is 0.201. The lowest BCUT2D eigenvalue weighted by atomic mass is 10.2. The van der Waals surface area contributed by atoms with E-state index in [4.69, 9.17) is 15.3 Å². The van der Waals surface area contributed by atoms with Crippen LogP contribution in [-0.2, 0) is 10.0 Å². The zero-order chi connectivity index (χ0) is 14.6. The maximum Gasteiger partial charge on any atom is 0.336 e. The smallest absolute Gasteiger partial charge is 0.336 e. The topological polar surface area (TPSA) is 124 Å². The molecule has 0 spiro atoms. The van der Waals surface area contributed by atoms with E-state index in [-0.39, 0.29) is 14.9 Å². The summed E-state index contributed by atoms with van der Waals surface area (Å²) in [5, 5.41) is 26.6. The van der Waals surface area contributed by atoms with E-state index >= 15 is 0 Å². The number of rotatable bonds is 6. The van der Waals surface area contributed by atoms with Gasteiger partial charge in [0.25, 0.3) is 0 Å². The Bertz CT molecular complexity index is 569. The predicted octanol–water partition coefficient (Wildman–Crippen LogP) is -0.221. The first-order valence-electron chi connectivity index (χ1n) is 5.08. The summed E-state index contributed by atoms with van der Waals surface area (Å²) in [6.45, 7) is -1.14. The fraction of sp³-hybridized carbons (Fsp3) is 0.300. The van der Waals surface area contributed by atoms with Crippen LogP contribution in [0.1, 0.15) is 10.4 Å². The van der Waals surface area contributed by atoms with Crippen molar-refractivity contribution in [2.75, 3.05) is 13.2 Å². The van der Waals surface area contributed by atoms with Gasteiger partial charge in [-0.25, -0.2) is 17.9 Å². The molecule has 0 atom stereocenters. The number of hydrogen-bond acceptors (Lipinski definition) is 5. The number of benzene rings is 1. The quantitative estimate of drug-likeness (QED) is 0.560. The van der Waals surface area contributed by atoms with Gasteiger partial charge in [0, 0.05) is 4.47 Å². The molecule has 0 aromatic heterocycles. The standard InChI is InChI=1S/C10H12BrNO6S/c11-9-2-1-7(3-8(9)10(15)16)19(17,18)12-6(4-13)5-14/h1-3,6,12-14H,4-5H2,(H,15,16). The molecule has 0 fully saturated rings. The summed E-state index contributed by atoms with van der Waals surface area (Å²) in [5.74, 6) is -1.27. The molecule has 1 rings (SSSR count). The summed E-state index contributed by atoms with van der Waals surface area (Å²) in [6, 6.07) is 2.46. The fourth-order valence-electron chi connectivity index (χ4n) is 1.26. The molecule has 0 aliphatic heterocycles. The van der Waals surface area contributed by atoms with Crippen LogP contribution < -0.4 is 4.72 Å². The molecule has 0 saturated heterocycles. The molecule has 7 nitrogen and oxygen atoms in total. The normalized spacial score (nSPS) is 11.8. The Labute approximate surface area is 118 Å². The summed E-state index contributed by atoms with van der Waals surface area (Å²) >= 11 is 3.00. The highest BCUT2D eigenvalue weighted by Crippen LogP contribution is 2.21. The first kappa shape index (κ1) is 16.1. The Kier molecular flexibility index (Phi) is 5.44. The highest BCUT2D eigenvalue weighted by Gasteiger charge is 2.21. The number of nitrogens with one attached hydrogen (secondary N) is 1. The van der Waals surface area contributed by atoms with Crippen molar-refractivity contribution in [1.29, 1.82) is 0 Å². The summed E-state index contributed by atoms with van der Waals surface area (Å²) < 4.78 is 26.1. The van der Waals surface area contributed by atoms with Gasteiger partial charge in [0.2, 0.25) is 10.0 Å². The van der Waals surface area contributed by atoms with E-state index in [0.29, 0.717) is 0 Å². The van der Waals surface area contributed by atoms with Crippen LogP contribution in [0.3, 0.4) is 0 Å². The molecule has 0 saturated carbocycles. The predicted molar refractivity (Wildman–Crippen MR) is 69.4 cm³/mol. The van der Waals surface area contributed by atoms with E-state index in [9.17, 15) is 13.2 Å². The van der Waals surface area contributed by atoms with E-state index < -0.39 is 35.2 Å². The molecule has 4 N–H and O–H groups in total. The molecule has 0 unspecified atom stereocenters. The first-order chi connectivity index (χ1) is 8.81. The van der Waals surface area contributed by atoms with Crippen LogP contribution in [0.15, 0.2) is 27.6 Å². The number of aromatic carboxylic acids is 1. The maximum atomic E-state index is 11.9. The lowest BCUT2D eigenvalue weighted by Crippen LogP contribution is -2.40. The lowest BCUT2D eigenvalue weighted by Gasteiger charge is -2.14. The van der Waals surface area contributed by atoms with Crippen LogP contribution in [0.4, 0.5) is 0 Å². The Morgan fingerprint density at radius 1 is 1.32 bits per heavy atom. The van der Waals surface area contributed by atoms with E-state index in [1.165, 1.54) is 12.1 Å². The van der Waals surface area contributed by atoms with Crippen LogP contribution in [-0.4, -0.2) is 49.0 Å². The summed E-state index contributed by atoms with van der Waals surface area (Å²) in [5.41, 5.74) is -0.201. The number of carboxylic acids is 1. The second kappa shape index (κ2) is 6.44. The van der Waals surface area contributed by atoms with Crippen molar-refractivity contribution in [3.8, 4) is 0 Å². The van der Waals surface area contributed by atoms with Crippen molar-refractivity contribution in [2.24, 2.45) is 0 Å². The largest absolute Gasteiger partial charge is 0.478 e. The van der Waals surface area contributed by atoms with E-state index in [2.05, 4.69) is 20.7 Å². The van der Waals surface area contributed by atoms with Gasteiger partial charge in [-0.2, -0.15) is 0 Å². The molecule has 1 aromatic carbocycles. The molecular formula is C10H12BrNO6S. The number of aliphatic hydroxyl groups excluding tert-OH is 2. The third-order valence-electron chi connectivity index (χ3n) is 2.24. The van der Waals surface area contributed by atoms with Crippen LogP contribution in [0.5, 0.6) is 0 Å². The molecule has 9 heteroatoms. The van der Waals surface area contributed by atoms with Gasteiger partial charge in [0.05, 0.1) is 29.7 Å². The van der Waals surface area contributed by atoms with E-state index in [0.717, 1.165) is 6.07 Å². The third kappa shape index (κ3) is 3.98. The van der Waals surface area contributed by atoms with Crippen molar-refractivity contribution in [3.63, 3.8) is 0 Å². The van der Waals surface area contributed by atoms with Gasteiger partial charge >= 0.3 is 5.97 Å². The lowest BCUT2D eigenvalue weighted by molar-refractivity contribution is 0.0695. The highest BCUT2D eigenvalue weighted by molar-refractivity contribution is 9.10. The number of carboxylic acid groups (broad SMARTS) is 1. The second-order valence-corrected chi connectivity index (χ2v) is 6.20. The van der Waals surface area contributed by atoms with Crippen LogP contribution in [0.25, 0.3) is 0 Å². The number of aliphatic hydroxyl groups is 2. The Hall–Kier alpha value is -1.00. The average molecular weight is 354 g/mol. The molecule has 0 amide bonds. The number of halogens is 1. The van der Waals surface area contributed by atoms with Crippen LogP contribution in [0.2, 0.25) is 0 Å². The molecule has 0 aliphatic carbocycles. The molecule has 0 bridgehead atoms. The van der Waals surface area contributed by atoms with Gasteiger partial charge in [-0.15, -0.1) is 0 Å². The van der Waals surface area contributed by atoms with Crippen LogP contribution in [0, 0.1) is 0 Å². The van der Waals surface area contributed by atoms with Gasteiger partial charge < -0.3 is 15.3 Å². The Balaban J connectivity index is 3.15. The minimum atomic E-state index is -4.01. The molecular weight excluding hydrogens is 342 g/mol. The molecule has 1 aromatic rings. The zero-order valence-corrected chi connectivity index (χ0v) is 12.0. The molecule has 19 heavy (non-hydrogen) atoms. The van der Waals surface area contributed by atoms with Crippen molar-refractivity contribution in [2.45, 2.75) is 10.9 Å². The van der Waals surface area contributed by atoms with Gasteiger partial charge in [-0.05, 0) is 34.1 Å². The van der Waals surface area contributed by atoms with Gasteiger partial charge in [-0.1, -0.05) is 0 Å². The van der Waals surface area contributed by atoms with Crippen molar-refractivity contribution in [3.05, 3.63) is 28.2 Å². The van der Waals surface area contributed by atoms with Crippen molar-refractivity contribution in [1.82, 2.24) is 4.72 Å². The van der Waals surface area contributed by atoms with Gasteiger partial charge in [-0.3, -0.25) is 0 Å². The van der Waals surface area contributed by atoms with Crippen LogP contribution >= 0.6 is 15.9 Å². The molecule has 0 radical (unpaired) electrons.